The topological polar surface area (TPSA) is 49.8 Å². The zero-order valence-electron chi connectivity index (χ0n) is 13.1. The van der Waals surface area contributed by atoms with Crippen LogP contribution in [0.15, 0.2) is 52.8 Å². The van der Waals surface area contributed by atoms with Crippen LogP contribution in [-0.4, -0.2) is 16.5 Å². The highest BCUT2D eigenvalue weighted by Crippen LogP contribution is 2.21. The van der Waals surface area contributed by atoms with Crippen molar-refractivity contribution in [2.45, 2.75) is 32.1 Å². The standard InChI is InChI=1S/C18H21BrN4/c19-15-7-4-8-16(11-15)23-18-12-17(21-13-22-18)20-10-9-14-5-2-1-3-6-14/h4-5,7-8,11-13H,1-3,6,9-10H2,(H2,20,21,22,23). The van der Waals surface area contributed by atoms with Gasteiger partial charge in [-0.3, -0.25) is 0 Å². The molecule has 0 amide bonds. The molecule has 0 bridgehead atoms. The average Bonchev–Trinajstić information content (AvgIpc) is 2.56. The number of aromatic nitrogens is 2. The van der Waals surface area contributed by atoms with Crippen molar-refractivity contribution in [3.05, 3.63) is 52.8 Å². The highest BCUT2D eigenvalue weighted by molar-refractivity contribution is 9.10. The molecule has 0 saturated carbocycles. The molecule has 1 aliphatic carbocycles. The molecule has 0 saturated heterocycles. The Morgan fingerprint density at radius 2 is 2.00 bits per heavy atom. The quantitative estimate of drug-likeness (QED) is 0.676. The third-order valence-electron chi connectivity index (χ3n) is 3.90. The molecule has 0 aliphatic heterocycles. The summed E-state index contributed by atoms with van der Waals surface area (Å²) in [6, 6.07) is 9.96. The first-order valence-electron chi connectivity index (χ1n) is 8.06. The van der Waals surface area contributed by atoms with Gasteiger partial charge in [0.25, 0.3) is 0 Å². The van der Waals surface area contributed by atoms with Gasteiger partial charge in [-0.1, -0.05) is 33.6 Å². The Labute approximate surface area is 145 Å². The highest BCUT2D eigenvalue weighted by atomic mass is 79.9. The van der Waals surface area contributed by atoms with Crippen molar-refractivity contribution in [3.63, 3.8) is 0 Å². The van der Waals surface area contributed by atoms with E-state index in [1.807, 2.05) is 30.3 Å². The van der Waals surface area contributed by atoms with Crippen LogP contribution in [0.3, 0.4) is 0 Å². The van der Waals surface area contributed by atoms with Crippen LogP contribution in [0.1, 0.15) is 32.1 Å². The van der Waals surface area contributed by atoms with E-state index in [0.717, 1.165) is 34.8 Å². The largest absolute Gasteiger partial charge is 0.370 e. The molecule has 2 N–H and O–H groups in total. The van der Waals surface area contributed by atoms with E-state index in [0.29, 0.717) is 0 Å². The van der Waals surface area contributed by atoms with Gasteiger partial charge in [0.1, 0.15) is 18.0 Å². The highest BCUT2D eigenvalue weighted by Gasteiger charge is 2.04. The monoisotopic (exact) mass is 372 g/mol. The van der Waals surface area contributed by atoms with Crippen molar-refractivity contribution in [3.8, 4) is 0 Å². The molecule has 4 nitrogen and oxygen atoms in total. The minimum absolute atomic E-state index is 0.789. The summed E-state index contributed by atoms with van der Waals surface area (Å²) in [4.78, 5) is 8.56. The third-order valence-corrected chi connectivity index (χ3v) is 4.39. The van der Waals surface area contributed by atoms with Gasteiger partial charge in [-0.15, -0.1) is 0 Å². The summed E-state index contributed by atoms with van der Waals surface area (Å²) >= 11 is 3.47. The number of nitrogens with zero attached hydrogens (tertiary/aromatic N) is 2. The minimum atomic E-state index is 0.789. The van der Waals surface area contributed by atoms with Crippen LogP contribution >= 0.6 is 15.9 Å². The molecule has 1 aromatic heterocycles. The zero-order valence-corrected chi connectivity index (χ0v) is 14.6. The molecule has 1 aromatic carbocycles. The summed E-state index contributed by atoms with van der Waals surface area (Å²) in [5, 5.41) is 6.68. The number of halogens is 1. The summed E-state index contributed by atoms with van der Waals surface area (Å²) in [6.45, 7) is 0.916. The number of hydrogen-bond donors (Lipinski definition) is 2. The fraction of sp³-hybridized carbons (Fsp3) is 0.333. The van der Waals surface area contributed by atoms with Crippen molar-refractivity contribution in [2.75, 3.05) is 17.2 Å². The molecule has 0 unspecified atom stereocenters. The first kappa shape index (κ1) is 16.0. The van der Waals surface area contributed by atoms with Crippen molar-refractivity contribution in [1.29, 1.82) is 0 Å². The predicted octanol–water partition coefficient (Wildman–Crippen LogP) is 5.29. The second-order valence-corrected chi connectivity index (χ2v) is 6.62. The predicted molar refractivity (Wildman–Crippen MR) is 99.1 cm³/mol. The third kappa shape index (κ3) is 5.06. The van der Waals surface area contributed by atoms with E-state index in [9.17, 15) is 0 Å². The van der Waals surface area contributed by atoms with Crippen LogP contribution < -0.4 is 10.6 Å². The van der Waals surface area contributed by atoms with Crippen molar-refractivity contribution in [1.82, 2.24) is 9.97 Å². The Morgan fingerprint density at radius 1 is 1.09 bits per heavy atom. The minimum Gasteiger partial charge on any atom is -0.370 e. The second kappa shape index (κ2) is 8.11. The maximum Gasteiger partial charge on any atom is 0.135 e. The first-order valence-corrected chi connectivity index (χ1v) is 8.85. The molecular weight excluding hydrogens is 352 g/mol. The lowest BCUT2D eigenvalue weighted by molar-refractivity contribution is 0.679. The van der Waals surface area contributed by atoms with Crippen LogP contribution in [0.2, 0.25) is 0 Å². The van der Waals surface area contributed by atoms with Gasteiger partial charge in [-0.2, -0.15) is 0 Å². The van der Waals surface area contributed by atoms with Crippen LogP contribution in [0.25, 0.3) is 0 Å². The van der Waals surface area contributed by atoms with E-state index in [2.05, 4.69) is 42.6 Å². The Bertz CT molecular complexity index is 684. The van der Waals surface area contributed by atoms with E-state index in [1.54, 1.807) is 11.9 Å². The SMILES string of the molecule is Brc1cccc(Nc2cc(NCCC3=CCCCC3)ncn2)c1. The van der Waals surface area contributed by atoms with Crippen LogP contribution in [-0.2, 0) is 0 Å². The molecule has 2 aromatic rings. The fourth-order valence-electron chi connectivity index (χ4n) is 2.72. The van der Waals surface area contributed by atoms with Crippen LogP contribution in [0, 0.1) is 0 Å². The van der Waals surface area contributed by atoms with Gasteiger partial charge in [0.15, 0.2) is 0 Å². The van der Waals surface area contributed by atoms with Gasteiger partial charge >= 0.3 is 0 Å². The lowest BCUT2D eigenvalue weighted by atomic mass is 9.97. The Morgan fingerprint density at radius 3 is 2.83 bits per heavy atom. The molecule has 0 atom stereocenters. The van der Waals surface area contributed by atoms with E-state index < -0.39 is 0 Å². The summed E-state index contributed by atoms with van der Waals surface area (Å²) in [6.07, 6.45) is 10.2. The fourth-order valence-corrected chi connectivity index (χ4v) is 3.12. The van der Waals surface area contributed by atoms with Crippen molar-refractivity contribution in [2.24, 2.45) is 0 Å². The second-order valence-electron chi connectivity index (χ2n) is 5.71. The van der Waals surface area contributed by atoms with Crippen molar-refractivity contribution < 1.29 is 0 Å². The molecule has 5 heteroatoms. The van der Waals surface area contributed by atoms with E-state index in [4.69, 9.17) is 0 Å². The molecule has 1 heterocycles. The Kier molecular flexibility index (Phi) is 5.64. The van der Waals surface area contributed by atoms with Gasteiger partial charge in [0.05, 0.1) is 0 Å². The van der Waals surface area contributed by atoms with Gasteiger partial charge in [-0.05, 0) is 50.3 Å². The maximum atomic E-state index is 4.29. The normalized spacial score (nSPS) is 14.2. The number of nitrogens with one attached hydrogen (secondary N) is 2. The van der Waals surface area contributed by atoms with Crippen LogP contribution in [0.4, 0.5) is 17.3 Å². The van der Waals surface area contributed by atoms with E-state index in [-0.39, 0.29) is 0 Å². The van der Waals surface area contributed by atoms with Gasteiger partial charge in [-0.25, -0.2) is 9.97 Å². The molecule has 0 radical (unpaired) electrons. The van der Waals surface area contributed by atoms with Crippen LogP contribution in [0.5, 0.6) is 0 Å². The number of allylic oxidation sites excluding steroid dienone is 1. The number of benzene rings is 1. The first-order chi connectivity index (χ1) is 11.3. The van der Waals surface area contributed by atoms with Gasteiger partial charge < -0.3 is 10.6 Å². The Hall–Kier alpha value is -1.88. The zero-order chi connectivity index (χ0) is 15.9. The summed E-state index contributed by atoms with van der Waals surface area (Å²) in [7, 11) is 0. The average molecular weight is 373 g/mol. The molecular formula is C18H21BrN4. The van der Waals surface area contributed by atoms with E-state index >= 15 is 0 Å². The molecule has 23 heavy (non-hydrogen) atoms. The molecule has 1 aliphatic rings. The van der Waals surface area contributed by atoms with Gasteiger partial charge in [0.2, 0.25) is 0 Å². The molecule has 120 valence electrons. The molecule has 0 spiro atoms. The maximum absolute atomic E-state index is 4.29. The summed E-state index contributed by atoms with van der Waals surface area (Å²) in [5.41, 5.74) is 2.57. The Balaban J connectivity index is 1.55. The number of hydrogen-bond acceptors (Lipinski definition) is 4. The molecule has 0 fully saturated rings. The number of rotatable bonds is 6. The number of anilines is 3. The van der Waals surface area contributed by atoms with Gasteiger partial charge in [0, 0.05) is 22.8 Å². The van der Waals surface area contributed by atoms with E-state index in [1.165, 1.54) is 25.7 Å². The summed E-state index contributed by atoms with van der Waals surface area (Å²) in [5.74, 6) is 1.64. The lowest BCUT2D eigenvalue weighted by Gasteiger charge is -2.13. The molecule has 3 rings (SSSR count). The lowest BCUT2D eigenvalue weighted by Crippen LogP contribution is -2.06. The smallest absolute Gasteiger partial charge is 0.135 e. The van der Waals surface area contributed by atoms with Crippen molar-refractivity contribution >= 4 is 33.3 Å². The summed E-state index contributed by atoms with van der Waals surface area (Å²) < 4.78 is 1.04.